The molecule has 0 saturated carbocycles. The third-order valence-corrected chi connectivity index (χ3v) is 3.41. The first-order chi connectivity index (χ1) is 11.2. The molecule has 3 aromatic heterocycles. The van der Waals surface area contributed by atoms with E-state index in [9.17, 15) is 4.39 Å². The van der Waals surface area contributed by atoms with Crippen LogP contribution in [-0.4, -0.2) is 26.9 Å². The molecule has 6 heteroatoms. The molecule has 0 spiro atoms. The van der Waals surface area contributed by atoms with Crippen LogP contribution in [0.2, 0.25) is 0 Å². The summed E-state index contributed by atoms with van der Waals surface area (Å²) in [5, 5.41) is 8.02. The Morgan fingerprint density at radius 2 is 2.26 bits per heavy atom. The van der Waals surface area contributed by atoms with E-state index in [1.807, 2.05) is 25.1 Å². The number of fused-ring (bicyclic) bond motifs is 1. The van der Waals surface area contributed by atoms with Crippen LogP contribution in [0.5, 0.6) is 0 Å². The molecule has 0 amide bonds. The second-order valence-corrected chi connectivity index (χ2v) is 4.80. The largest absolute Gasteiger partial charge is 0.276 e. The molecule has 0 fully saturated rings. The zero-order valence-electron chi connectivity index (χ0n) is 12.5. The molecule has 114 valence electrons. The van der Waals surface area contributed by atoms with Gasteiger partial charge in [-0.15, -0.1) is 0 Å². The number of H-pyrrole nitrogens is 1. The van der Waals surface area contributed by atoms with Gasteiger partial charge in [-0.3, -0.25) is 15.1 Å². The molecule has 0 unspecified atom stereocenters. The van der Waals surface area contributed by atoms with E-state index in [-0.39, 0.29) is 0 Å². The van der Waals surface area contributed by atoms with Gasteiger partial charge in [-0.25, -0.2) is 4.99 Å². The summed E-state index contributed by atoms with van der Waals surface area (Å²) in [6.07, 6.45) is 8.22. The molecule has 5 nitrogen and oxygen atoms in total. The monoisotopic (exact) mass is 307 g/mol. The first-order valence-corrected chi connectivity index (χ1v) is 6.98. The fourth-order valence-corrected chi connectivity index (χ4v) is 2.27. The number of aliphatic imine (C=N–C) groups is 1. The Hall–Kier alpha value is -3.15. The van der Waals surface area contributed by atoms with Gasteiger partial charge in [-0.2, -0.15) is 9.49 Å². The topological polar surface area (TPSA) is 66.8 Å². The molecule has 0 aliphatic heterocycles. The van der Waals surface area contributed by atoms with E-state index in [2.05, 4.69) is 31.9 Å². The van der Waals surface area contributed by atoms with E-state index >= 15 is 0 Å². The van der Waals surface area contributed by atoms with Crippen molar-refractivity contribution in [3.63, 3.8) is 0 Å². The van der Waals surface area contributed by atoms with E-state index in [1.165, 1.54) is 6.08 Å². The minimum absolute atomic E-state index is 0.615. The van der Waals surface area contributed by atoms with Gasteiger partial charge in [-0.05, 0) is 31.8 Å². The van der Waals surface area contributed by atoms with E-state index < -0.39 is 5.95 Å². The molecule has 0 aliphatic carbocycles. The van der Waals surface area contributed by atoms with Gasteiger partial charge >= 0.3 is 0 Å². The minimum atomic E-state index is -0.657. The van der Waals surface area contributed by atoms with Crippen LogP contribution in [0, 0.1) is 0 Å². The van der Waals surface area contributed by atoms with Crippen molar-refractivity contribution < 1.29 is 4.39 Å². The van der Waals surface area contributed by atoms with Crippen LogP contribution < -0.4 is 0 Å². The predicted octanol–water partition coefficient (Wildman–Crippen LogP) is 3.93. The zero-order chi connectivity index (χ0) is 16.2. The number of hydrogen-bond acceptors (Lipinski definition) is 4. The number of nitrogens with one attached hydrogen (secondary N) is 1. The molecule has 0 atom stereocenters. The Morgan fingerprint density at radius 1 is 1.39 bits per heavy atom. The van der Waals surface area contributed by atoms with E-state index in [0.29, 0.717) is 11.3 Å². The molecule has 0 saturated heterocycles. The van der Waals surface area contributed by atoms with Crippen LogP contribution in [0.15, 0.2) is 59.9 Å². The van der Waals surface area contributed by atoms with E-state index in [1.54, 1.807) is 24.7 Å². The van der Waals surface area contributed by atoms with E-state index in [4.69, 9.17) is 0 Å². The first kappa shape index (κ1) is 14.8. The van der Waals surface area contributed by atoms with Gasteiger partial charge in [-0.1, -0.05) is 6.08 Å². The van der Waals surface area contributed by atoms with Crippen LogP contribution in [0.1, 0.15) is 12.6 Å². The number of pyridine rings is 2. The third kappa shape index (κ3) is 2.91. The number of hydrogen-bond donors (Lipinski definition) is 1. The minimum Gasteiger partial charge on any atom is -0.276 e. The summed E-state index contributed by atoms with van der Waals surface area (Å²) < 4.78 is 13.4. The van der Waals surface area contributed by atoms with Crippen molar-refractivity contribution in [1.82, 2.24) is 20.2 Å². The van der Waals surface area contributed by atoms with Crippen LogP contribution in [-0.2, 0) is 0 Å². The predicted molar refractivity (Wildman–Crippen MR) is 89.5 cm³/mol. The standard InChI is InChI=1S/C17H14FN5/c1-3-11(7-16(18)19-2)17-13-8-14(12-5-4-6-20-9-12)21-10-15(13)22-23-17/h3-10H,2H2,1H3,(H,22,23)/b11-3+,16-7-. The summed E-state index contributed by atoms with van der Waals surface area (Å²) in [5.41, 5.74) is 3.69. The fourth-order valence-electron chi connectivity index (χ4n) is 2.27. The number of nitrogens with zero attached hydrogens (tertiary/aromatic N) is 4. The number of rotatable bonds is 4. The molecular weight excluding hydrogens is 293 g/mol. The van der Waals surface area contributed by atoms with Gasteiger partial charge in [0, 0.05) is 35.0 Å². The van der Waals surface area contributed by atoms with Gasteiger partial charge in [0.2, 0.25) is 5.95 Å². The highest BCUT2D eigenvalue weighted by Gasteiger charge is 2.11. The highest BCUT2D eigenvalue weighted by Crippen LogP contribution is 2.27. The zero-order valence-corrected chi connectivity index (χ0v) is 12.5. The lowest BCUT2D eigenvalue weighted by molar-refractivity contribution is 0.631. The number of allylic oxidation sites excluding steroid dienone is 3. The molecule has 1 N–H and O–H groups in total. The Balaban J connectivity index is 2.14. The molecule has 0 radical (unpaired) electrons. The second-order valence-electron chi connectivity index (χ2n) is 4.80. The summed E-state index contributed by atoms with van der Waals surface area (Å²) >= 11 is 0. The van der Waals surface area contributed by atoms with Gasteiger partial charge in [0.15, 0.2) is 0 Å². The maximum absolute atomic E-state index is 13.4. The Morgan fingerprint density at radius 3 is 2.96 bits per heavy atom. The van der Waals surface area contributed by atoms with Crippen molar-refractivity contribution in [2.75, 3.05) is 0 Å². The number of halogens is 1. The Bertz CT molecular complexity index is 909. The lowest BCUT2D eigenvalue weighted by Crippen LogP contribution is -1.86. The van der Waals surface area contributed by atoms with Crippen molar-refractivity contribution in [3.05, 3.63) is 60.6 Å². The molecule has 23 heavy (non-hydrogen) atoms. The van der Waals surface area contributed by atoms with Crippen molar-refractivity contribution >= 4 is 23.2 Å². The molecule has 0 bridgehead atoms. The van der Waals surface area contributed by atoms with E-state index in [0.717, 1.165) is 22.2 Å². The van der Waals surface area contributed by atoms with Crippen molar-refractivity contribution in [2.45, 2.75) is 6.92 Å². The summed E-state index contributed by atoms with van der Waals surface area (Å²) in [6, 6.07) is 5.68. The van der Waals surface area contributed by atoms with Crippen LogP contribution in [0.25, 0.3) is 27.7 Å². The lowest BCUT2D eigenvalue weighted by atomic mass is 10.1. The second kappa shape index (κ2) is 6.31. The summed E-state index contributed by atoms with van der Waals surface area (Å²) in [5.74, 6) is -0.657. The SMILES string of the molecule is C=N/C(F)=C\C(=C/C)c1n[nH]c2cnc(-c3cccnc3)cc12. The van der Waals surface area contributed by atoms with Crippen LogP contribution >= 0.6 is 0 Å². The normalized spacial score (nSPS) is 12.6. The first-order valence-electron chi connectivity index (χ1n) is 6.98. The summed E-state index contributed by atoms with van der Waals surface area (Å²) in [4.78, 5) is 11.8. The summed E-state index contributed by atoms with van der Waals surface area (Å²) in [6.45, 7) is 4.99. The summed E-state index contributed by atoms with van der Waals surface area (Å²) in [7, 11) is 0. The van der Waals surface area contributed by atoms with Crippen LogP contribution in [0.4, 0.5) is 4.39 Å². The maximum Gasteiger partial charge on any atom is 0.212 e. The van der Waals surface area contributed by atoms with Crippen LogP contribution in [0.3, 0.4) is 0 Å². The molecule has 0 aliphatic rings. The van der Waals surface area contributed by atoms with Gasteiger partial charge < -0.3 is 0 Å². The van der Waals surface area contributed by atoms with Crippen molar-refractivity contribution in [3.8, 4) is 11.3 Å². The molecule has 3 heterocycles. The fraction of sp³-hybridized carbons (Fsp3) is 0.0588. The third-order valence-electron chi connectivity index (χ3n) is 3.41. The average Bonchev–Trinajstić information content (AvgIpc) is 3.03. The van der Waals surface area contributed by atoms with Gasteiger partial charge in [0.25, 0.3) is 0 Å². The highest BCUT2D eigenvalue weighted by molar-refractivity contribution is 5.94. The highest BCUT2D eigenvalue weighted by atomic mass is 19.1. The van der Waals surface area contributed by atoms with Gasteiger partial charge in [0.05, 0.1) is 23.1 Å². The van der Waals surface area contributed by atoms with Crippen molar-refractivity contribution in [2.24, 2.45) is 4.99 Å². The lowest BCUT2D eigenvalue weighted by Gasteiger charge is -2.02. The molecule has 3 aromatic rings. The maximum atomic E-state index is 13.4. The van der Waals surface area contributed by atoms with Crippen molar-refractivity contribution in [1.29, 1.82) is 0 Å². The molecule has 0 aromatic carbocycles. The molecule has 3 rings (SSSR count). The smallest absolute Gasteiger partial charge is 0.212 e. The Labute approximate surface area is 132 Å². The average molecular weight is 307 g/mol. The molecular formula is C17H14FN5. The Kier molecular flexibility index (Phi) is 4.05. The quantitative estimate of drug-likeness (QED) is 0.451. The van der Waals surface area contributed by atoms with Gasteiger partial charge in [0.1, 0.15) is 0 Å². The number of aromatic nitrogens is 4. The number of aromatic amines is 1.